The van der Waals surface area contributed by atoms with Crippen molar-refractivity contribution in [3.8, 4) is 0 Å². The number of carbonyl (C=O) groups is 2. The fourth-order valence-corrected chi connectivity index (χ4v) is 3.86. The molecule has 1 amide bonds. The van der Waals surface area contributed by atoms with Crippen LogP contribution in [0.5, 0.6) is 0 Å². The maximum absolute atomic E-state index is 12.9. The molecule has 0 fully saturated rings. The molecule has 1 aliphatic rings. The largest absolute Gasteiger partial charge is 0.375 e. The van der Waals surface area contributed by atoms with Crippen molar-refractivity contribution >= 4 is 33.3 Å². The lowest BCUT2D eigenvalue weighted by Gasteiger charge is -2.22. The summed E-state index contributed by atoms with van der Waals surface area (Å²) in [6.45, 7) is 8.61. The highest BCUT2D eigenvalue weighted by Crippen LogP contribution is 2.44. The zero-order valence-electron chi connectivity index (χ0n) is 16.0. The van der Waals surface area contributed by atoms with E-state index in [9.17, 15) is 14.7 Å². The molecule has 0 spiro atoms. The summed E-state index contributed by atoms with van der Waals surface area (Å²) < 4.78 is 0.757. The number of aliphatic hydroxyl groups is 1. The van der Waals surface area contributed by atoms with Gasteiger partial charge in [-0.3, -0.25) is 9.59 Å². The Morgan fingerprint density at radius 1 is 1.15 bits per heavy atom. The molecule has 0 saturated heterocycles. The quantitative estimate of drug-likeness (QED) is 0.723. The van der Waals surface area contributed by atoms with Crippen LogP contribution in [0, 0.1) is 0 Å². The zero-order valence-corrected chi connectivity index (χ0v) is 17.6. The molecule has 2 aromatic rings. The summed E-state index contributed by atoms with van der Waals surface area (Å²) in [5, 5.41) is 11.2. The van der Waals surface area contributed by atoms with Gasteiger partial charge in [-0.2, -0.15) is 0 Å². The van der Waals surface area contributed by atoms with Crippen LogP contribution in [0.25, 0.3) is 0 Å². The molecule has 0 saturated carbocycles. The van der Waals surface area contributed by atoms with Crippen LogP contribution in [0.15, 0.2) is 46.9 Å². The Morgan fingerprint density at radius 2 is 1.78 bits per heavy atom. The van der Waals surface area contributed by atoms with E-state index >= 15 is 0 Å². The zero-order chi connectivity index (χ0) is 20.0. The van der Waals surface area contributed by atoms with E-state index in [1.807, 2.05) is 25.1 Å². The number of fused-ring (bicyclic) bond motifs is 1. The predicted octanol–water partition coefficient (Wildman–Crippen LogP) is 4.57. The van der Waals surface area contributed by atoms with Gasteiger partial charge in [-0.05, 0) is 36.1 Å². The first kappa shape index (κ1) is 19.8. The Balaban J connectivity index is 1.93. The summed E-state index contributed by atoms with van der Waals surface area (Å²) in [7, 11) is 0. The Labute approximate surface area is 168 Å². The molecule has 142 valence electrons. The van der Waals surface area contributed by atoms with Crippen LogP contribution >= 0.6 is 15.9 Å². The van der Waals surface area contributed by atoms with Crippen LogP contribution in [0.4, 0.5) is 5.69 Å². The lowest BCUT2D eigenvalue weighted by Crippen LogP contribution is -2.41. The third kappa shape index (κ3) is 3.46. The molecule has 0 aliphatic carbocycles. The number of amides is 1. The van der Waals surface area contributed by atoms with Crippen molar-refractivity contribution in [1.82, 2.24) is 0 Å². The molecule has 4 nitrogen and oxygen atoms in total. The molecule has 3 rings (SSSR count). The van der Waals surface area contributed by atoms with E-state index < -0.39 is 11.5 Å². The Kier molecular flexibility index (Phi) is 5.04. The topological polar surface area (TPSA) is 57.6 Å². The minimum Gasteiger partial charge on any atom is -0.375 e. The number of halogens is 1. The predicted molar refractivity (Wildman–Crippen MR) is 110 cm³/mol. The highest BCUT2D eigenvalue weighted by atomic mass is 79.9. The van der Waals surface area contributed by atoms with E-state index in [1.165, 1.54) is 4.90 Å². The third-order valence-corrected chi connectivity index (χ3v) is 5.59. The minimum absolute atomic E-state index is 0.00591. The van der Waals surface area contributed by atoms with Crippen LogP contribution in [0.3, 0.4) is 0 Å². The number of anilines is 1. The van der Waals surface area contributed by atoms with Crippen LogP contribution < -0.4 is 4.90 Å². The average Bonchev–Trinajstić information content (AvgIpc) is 2.81. The van der Waals surface area contributed by atoms with Gasteiger partial charge in [0.2, 0.25) is 0 Å². The second kappa shape index (κ2) is 6.88. The standard InChI is InChI=1S/C22H24BrNO3/c1-5-24-18-11-10-16(23)12-17(18)22(27,20(24)26)13-19(25)14-6-8-15(9-7-14)21(2,3)4/h6-12,27H,5,13H2,1-4H3. The summed E-state index contributed by atoms with van der Waals surface area (Å²) in [6.07, 6.45) is -0.277. The van der Waals surface area contributed by atoms with Gasteiger partial charge in [0.05, 0.1) is 12.1 Å². The normalized spacial score (nSPS) is 19.3. The number of likely N-dealkylation sites (N-methyl/N-ethyl adjacent to an activating group) is 1. The van der Waals surface area contributed by atoms with E-state index in [2.05, 4.69) is 36.7 Å². The van der Waals surface area contributed by atoms with E-state index in [0.717, 1.165) is 10.0 Å². The van der Waals surface area contributed by atoms with Gasteiger partial charge in [-0.25, -0.2) is 0 Å². The lowest BCUT2D eigenvalue weighted by molar-refractivity contribution is -0.135. The molecular weight excluding hydrogens is 406 g/mol. The molecule has 1 aliphatic heterocycles. The molecule has 0 bridgehead atoms. The van der Waals surface area contributed by atoms with Crippen molar-refractivity contribution in [2.24, 2.45) is 0 Å². The first-order chi connectivity index (χ1) is 12.6. The lowest BCUT2D eigenvalue weighted by atomic mass is 9.85. The fourth-order valence-electron chi connectivity index (χ4n) is 3.50. The van der Waals surface area contributed by atoms with E-state index in [4.69, 9.17) is 0 Å². The van der Waals surface area contributed by atoms with Crippen LogP contribution in [-0.2, 0) is 15.8 Å². The second-order valence-corrected chi connectivity index (χ2v) is 8.91. The Morgan fingerprint density at radius 3 is 2.33 bits per heavy atom. The van der Waals surface area contributed by atoms with Crippen LogP contribution in [-0.4, -0.2) is 23.3 Å². The summed E-state index contributed by atoms with van der Waals surface area (Å²) in [5.74, 6) is -0.701. The summed E-state index contributed by atoms with van der Waals surface area (Å²) in [4.78, 5) is 27.3. The highest BCUT2D eigenvalue weighted by molar-refractivity contribution is 9.10. The molecule has 0 radical (unpaired) electrons. The summed E-state index contributed by atoms with van der Waals surface area (Å²) in [5.41, 5.74) is 0.910. The first-order valence-electron chi connectivity index (χ1n) is 9.06. The van der Waals surface area contributed by atoms with E-state index in [1.54, 1.807) is 24.3 Å². The van der Waals surface area contributed by atoms with E-state index in [0.29, 0.717) is 23.4 Å². The molecule has 1 N–H and O–H groups in total. The van der Waals surface area contributed by atoms with Gasteiger partial charge in [0.1, 0.15) is 0 Å². The van der Waals surface area contributed by atoms with Crippen molar-refractivity contribution in [3.63, 3.8) is 0 Å². The number of benzene rings is 2. The van der Waals surface area contributed by atoms with Crippen molar-refractivity contribution in [1.29, 1.82) is 0 Å². The highest BCUT2D eigenvalue weighted by Gasteiger charge is 2.50. The number of rotatable bonds is 4. The van der Waals surface area contributed by atoms with Gasteiger partial charge in [0.15, 0.2) is 11.4 Å². The van der Waals surface area contributed by atoms with Crippen molar-refractivity contribution in [2.45, 2.75) is 45.1 Å². The molecule has 1 unspecified atom stereocenters. The molecule has 1 atom stereocenters. The molecular formula is C22H24BrNO3. The molecule has 27 heavy (non-hydrogen) atoms. The smallest absolute Gasteiger partial charge is 0.264 e. The average molecular weight is 430 g/mol. The van der Waals surface area contributed by atoms with Crippen molar-refractivity contribution < 1.29 is 14.7 Å². The fraction of sp³-hybridized carbons (Fsp3) is 0.364. The van der Waals surface area contributed by atoms with Crippen LogP contribution in [0.2, 0.25) is 0 Å². The number of hydrogen-bond acceptors (Lipinski definition) is 3. The maximum Gasteiger partial charge on any atom is 0.264 e. The van der Waals surface area contributed by atoms with Gasteiger partial charge < -0.3 is 10.0 Å². The number of Topliss-reactive ketones (excluding diaryl/α,β-unsaturated/α-hetero) is 1. The van der Waals surface area contributed by atoms with Gasteiger partial charge in [0.25, 0.3) is 5.91 Å². The summed E-state index contributed by atoms with van der Waals surface area (Å²) >= 11 is 3.39. The SMILES string of the molecule is CCN1C(=O)C(O)(CC(=O)c2ccc(C(C)(C)C)cc2)c2cc(Br)ccc21. The number of ketones is 1. The van der Waals surface area contributed by atoms with Gasteiger partial charge in [-0.15, -0.1) is 0 Å². The maximum atomic E-state index is 12.9. The molecule has 0 aromatic heterocycles. The monoisotopic (exact) mass is 429 g/mol. The third-order valence-electron chi connectivity index (χ3n) is 5.10. The Hall–Kier alpha value is -1.98. The van der Waals surface area contributed by atoms with Crippen LogP contribution in [0.1, 0.15) is 55.6 Å². The first-order valence-corrected chi connectivity index (χ1v) is 9.85. The second-order valence-electron chi connectivity index (χ2n) is 8.00. The number of hydrogen-bond donors (Lipinski definition) is 1. The Bertz CT molecular complexity index is 899. The van der Waals surface area contributed by atoms with Crippen molar-refractivity contribution in [3.05, 3.63) is 63.6 Å². The van der Waals surface area contributed by atoms with Crippen molar-refractivity contribution in [2.75, 3.05) is 11.4 Å². The number of carbonyl (C=O) groups excluding carboxylic acids is 2. The summed E-state index contributed by atoms with van der Waals surface area (Å²) in [6, 6.07) is 12.7. The minimum atomic E-state index is -1.84. The molecule has 2 aromatic carbocycles. The van der Waals surface area contributed by atoms with Gasteiger partial charge in [0, 0.05) is 22.1 Å². The van der Waals surface area contributed by atoms with E-state index in [-0.39, 0.29) is 17.6 Å². The van der Waals surface area contributed by atoms with Gasteiger partial charge >= 0.3 is 0 Å². The molecule has 1 heterocycles. The molecule has 5 heteroatoms. The number of nitrogens with zero attached hydrogens (tertiary/aromatic N) is 1. The van der Waals surface area contributed by atoms with Gasteiger partial charge in [-0.1, -0.05) is 61.0 Å².